The molecule has 1 heterocycles. The minimum atomic E-state index is -3.75. The normalized spacial score (nSPS) is 11.9. The summed E-state index contributed by atoms with van der Waals surface area (Å²) < 4.78 is 31.6. The van der Waals surface area contributed by atoms with Crippen molar-refractivity contribution in [1.29, 1.82) is 0 Å². The lowest BCUT2D eigenvalue weighted by Gasteiger charge is -2.27. The Hall–Kier alpha value is -1.19. The lowest BCUT2D eigenvalue weighted by atomic mass is 10.2. The van der Waals surface area contributed by atoms with Crippen molar-refractivity contribution in [3.05, 3.63) is 11.3 Å². The van der Waals surface area contributed by atoms with Crippen LogP contribution in [-0.2, 0) is 10.2 Å². The number of rotatable bonds is 8. The van der Waals surface area contributed by atoms with Gasteiger partial charge in [-0.25, -0.2) is 9.10 Å². The predicted octanol–water partition coefficient (Wildman–Crippen LogP) is 1.95. The maximum absolute atomic E-state index is 12.6. The zero-order chi connectivity index (χ0) is 16.2. The molecule has 0 aromatic carbocycles. The van der Waals surface area contributed by atoms with Gasteiger partial charge in [0.15, 0.2) is 0 Å². The second kappa shape index (κ2) is 7.19. The average molecular weight is 335 g/mol. The van der Waals surface area contributed by atoms with Crippen molar-refractivity contribution in [2.24, 2.45) is 0 Å². The molecule has 0 aliphatic carbocycles. The maximum Gasteiger partial charge on any atom is 0.340 e. The van der Waals surface area contributed by atoms with Gasteiger partial charge in [0.1, 0.15) is 10.6 Å². The highest BCUT2D eigenvalue weighted by molar-refractivity contribution is 7.90. The summed E-state index contributed by atoms with van der Waals surface area (Å²) in [6.45, 7) is 6.16. The van der Waals surface area contributed by atoms with Gasteiger partial charge in [0.25, 0.3) is 0 Å². The van der Waals surface area contributed by atoms with Crippen LogP contribution in [0.1, 0.15) is 42.7 Å². The number of nitrogens with zero attached hydrogens (tertiary/aromatic N) is 3. The van der Waals surface area contributed by atoms with E-state index in [9.17, 15) is 18.3 Å². The maximum atomic E-state index is 12.6. The summed E-state index contributed by atoms with van der Waals surface area (Å²) in [5.74, 6) is -1.17. The molecule has 0 unspecified atom stereocenters. The van der Waals surface area contributed by atoms with Crippen LogP contribution in [0.3, 0.4) is 0 Å². The highest BCUT2D eigenvalue weighted by Gasteiger charge is 2.31. The average Bonchev–Trinajstić information content (AvgIpc) is 2.79. The fraction of sp³-hybridized carbons (Fsp3) is 0.667. The zero-order valence-electron chi connectivity index (χ0n) is 12.7. The summed E-state index contributed by atoms with van der Waals surface area (Å²) in [5.41, 5.74) is 0.265. The SMILES string of the molecule is CCCN(CCC)S(=O)(=O)N(C)c1snc(C)c1C(=O)O. The van der Waals surface area contributed by atoms with Gasteiger partial charge in [0, 0.05) is 20.1 Å². The highest BCUT2D eigenvalue weighted by atomic mass is 32.2. The van der Waals surface area contributed by atoms with Gasteiger partial charge >= 0.3 is 16.2 Å². The minimum absolute atomic E-state index is 0.0565. The van der Waals surface area contributed by atoms with Crippen molar-refractivity contribution >= 4 is 32.7 Å². The van der Waals surface area contributed by atoms with E-state index in [1.807, 2.05) is 13.8 Å². The Balaban J connectivity index is 3.22. The first-order valence-corrected chi connectivity index (χ1v) is 8.87. The lowest BCUT2D eigenvalue weighted by Crippen LogP contribution is -2.43. The molecule has 1 aromatic rings. The molecular weight excluding hydrogens is 314 g/mol. The van der Waals surface area contributed by atoms with Gasteiger partial charge in [-0.15, -0.1) is 0 Å². The molecular formula is C12H21N3O4S2. The second-order valence-electron chi connectivity index (χ2n) is 4.63. The molecule has 0 spiro atoms. The van der Waals surface area contributed by atoms with Crippen molar-refractivity contribution in [2.45, 2.75) is 33.6 Å². The quantitative estimate of drug-likeness (QED) is 0.784. The summed E-state index contributed by atoms with van der Waals surface area (Å²) in [6, 6.07) is 0. The van der Waals surface area contributed by atoms with E-state index in [2.05, 4.69) is 4.37 Å². The van der Waals surface area contributed by atoms with Gasteiger partial charge in [-0.3, -0.25) is 0 Å². The van der Waals surface area contributed by atoms with E-state index in [1.54, 1.807) is 6.92 Å². The third kappa shape index (κ3) is 3.72. The second-order valence-corrected chi connectivity index (χ2v) is 7.34. The number of carbonyl (C=O) groups is 1. The number of anilines is 1. The van der Waals surface area contributed by atoms with E-state index in [0.717, 1.165) is 15.8 Å². The van der Waals surface area contributed by atoms with Gasteiger partial charge in [-0.2, -0.15) is 17.1 Å². The van der Waals surface area contributed by atoms with E-state index in [-0.39, 0.29) is 10.6 Å². The third-order valence-electron chi connectivity index (χ3n) is 2.96. The molecule has 0 saturated heterocycles. The Morgan fingerprint density at radius 3 is 2.24 bits per heavy atom. The van der Waals surface area contributed by atoms with E-state index in [4.69, 9.17) is 0 Å². The van der Waals surface area contributed by atoms with Crippen molar-refractivity contribution < 1.29 is 18.3 Å². The van der Waals surface area contributed by atoms with Crippen molar-refractivity contribution in [2.75, 3.05) is 24.4 Å². The van der Waals surface area contributed by atoms with Gasteiger partial charge < -0.3 is 5.11 Å². The van der Waals surface area contributed by atoms with E-state index in [1.165, 1.54) is 11.4 Å². The van der Waals surface area contributed by atoms with Crippen LogP contribution < -0.4 is 4.31 Å². The lowest BCUT2D eigenvalue weighted by molar-refractivity contribution is 0.0697. The molecule has 120 valence electrons. The van der Waals surface area contributed by atoms with E-state index in [0.29, 0.717) is 31.6 Å². The summed E-state index contributed by atoms with van der Waals surface area (Å²) >= 11 is 0.882. The molecule has 7 nitrogen and oxygen atoms in total. The fourth-order valence-corrected chi connectivity index (χ4v) is 4.55. The number of hydrogen-bond acceptors (Lipinski definition) is 5. The zero-order valence-corrected chi connectivity index (χ0v) is 14.3. The Morgan fingerprint density at radius 1 is 1.29 bits per heavy atom. The summed E-state index contributed by atoms with van der Waals surface area (Å²) in [4.78, 5) is 11.3. The monoisotopic (exact) mass is 335 g/mol. The molecule has 0 saturated carbocycles. The molecule has 9 heteroatoms. The fourth-order valence-electron chi connectivity index (χ4n) is 1.94. The van der Waals surface area contributed by atoms with Gasteiger partial charge in [0.2, 0.25) is 0 Å². The van der Waals surface area contributed by atoms with Crippen LogP contribution in [-0.4, -0.2) is 48.3 Å². The highest BCUT2D eigenvalue weighted by Crippen LogP contribution is 2.30. The van der Waals surface area contributed by atoms with Crippen molar-refractivity contribution in [1.82, 2.24) is 8.68 Å². The number of aryl methyl sites for hydroxylation is 1. The number of hydrogen-bond donors (Lipinski definition) is 1. The molecule has 0 aliphatic rings. The molecule has 21 heavy (non-hydrogen) atoms. The van der Waals surface area contributed by atoms with Gasteiger partial charge in [-0.1, -0.05) is 13.8 Å². The number of carboxylic acids is 1. The molecule has 0 bridgehead atoms. The van der Waals surface area contributed by atoms with Crippen LogP contribution in [0.4, 0.5) is 5.00 Å². The number of aromatic carboxylic acids is 1. The topological polar surface area (TPSA) is 90.8 Å². The summed E-state index contributed by atoms with van der Waals surface area (Å²) in [5, 5.41) is 9.36. The molecule has 1 N–H and O–H groups in total. The Bertz CT molecular complexity index is 592. The number of aromatic nitrogens is 1. The Kier molecular flexibility index (Phi) is 6.11. The smallest absolute Gasteiger partial charge is 0.340 e. The van der Waals surface area contributed by atoms with Crippen molar-refractivity contribution in [3.63, 3.8) is 0 Å². The molecule has 0 fully saturated rings. The number of carboxylic acid groups (broad SMARTS) is 1. The Labute approximate surface area is 129 Å². The largest absolute Gasteiger partial charge is 0.478 e. The first-order chi connectivity index (χ1) is 9.77. The molecule has 1 rings (SSSR count). The molecule has 1 aromatic heterocycles. The molecule has 0 atom stereocenters. The van der Waals surface area contributed by atoms with Crippen LogP contribution >= 0.6 is 11.5 Å². The molecule has 0 radical (unpaired) electrons. The van der Waals surface area contributed by atoms with E-state index >= 15 is 0 Å². The summed E-state index contributed by atoms with van der Waals surface area (Å²) in [7, 11) is -2.38. The van der Waals surface area contributed by atoms with E-state index < -0.39 is 16.2 Å². The van der Waals surface area contributed by atoms with Crippen LogP contribution in [0.2, 0.25) is 0 Å². The van der Waals surface area contributed by atoms with Crippen molar-refractivity contribution in [3.8, 4) is 0 Å². The van der Waals surface area contributed by atoms with Gasteiger partial charge in [-0.05, 0) is 31.3 Å². The van der Waals surface area contributed by atoms with Gasteiger partial charge in [0.05, 0.1) is 5.69 Å². The van der Waals surface area contributed by atoms with Crippen LogP contribution in [0.25, 0.3) is 0 Å². The third-order valence-corrected chi connectivity index (χ3v) is 5.99. The minimum Gasteiger partial charge on any atom is -0.478 e. The first-order valence-electron chi connectivity index (χ1n) is 6.70. The Morgan fingerprint density at radius 2 is 1.81 bits per heavy atom. The van der Waals surface area contributed by atoms with Crippen LogP contribution in [0.15, 0.2) is 0 Å². The predicted molar refractivity (Wildman–Crippen MR) is 83.3 cm³/mol. The summed E-state index contributed by atoms with van der Waals surface area (Å²) in [6.07, 6.45) is 1.39. The van der Waals surface area contributed by atoms with Crippen LogP contribution in [0.5, 0.6) is 0 Å². The first kappa shape index (κ1) is 17.9. The molecule has 0 amide bonds. The van der Waals surface area contributed by atoms with Crippen LogP contribution in [0, 0.1) is 6.92 Å². The molecule has 0 aliphatic heterocycles. The standard InChI is InChI=1S/C12H21N3O4S2/c1-5-7-15(8-6-2)21(18,19)14(4)11-10(12(16)17)9(3)13-20-11/h5-8H2,1-4H3,(H,16,17).